The molecule has 1 heterocycles. The average Bonchev–Trinajstić information content (AvgIpc) is 2.71. The van der Waals surface area contributed by atoms with Crippen LogP contribution in [0.1, 0.15) is 11.1 Å². The summed E-state index contributed by atoms with van der Waals surface area (Å²) in [7, 11) is 0. The maximum absolute atomic E-state index is 6.06. The third-order valence-corrected chi connectivity index (χ3v) is 4.07. The molecule has 0 amide bonds. The number of aromatic nitrogens is 2. The first-order valence-electron chi connectivity index (χ1n) is 6.11. The van der Waals surface area contributed by atoms with Gasteiger partial charge in [0.05, 0.1) is 17.6 Å². The van der Waals surface area contributed by atoms with E-state index in [-0.39, 0.29) is 0 Å². The van der Waals surface area contributed by atoms with E-state index in [2.05, 4.69) is 46.0 Å². The van der Waals surface area contributed by atoms with Crippen molar-refractivity contribution in [2.24, 2.45) is 0 Å². The quantitative estimate of drug-likeness (QED) is 0.783. The molecule has 0 spiro atoms. The molecule has 0 fully saturated rings. The van der Waals surface area contributed by atoms with Crippen molar-refractivity contribution in [2.45, 2.75) is 13.5 Å². The average molecular weight is 316 g/mol. The summed E-state index contributed by atoms with van der Waals surface area (Å²) in [5.74, 6) is 0.556. The summed E-state index contributed by atoms with van der Waals surface area (Å²) in [4.78, 5) is 4.46. The maximum Gasteiger partial charge on any atom is 0.201 e. The van der Waals surface area contributed by atoms with Crippen LogP contribution in [0.2, 0.25) is 0 Å². The van der Waals surface area contributed by atoms with Crippen molar-refractivity contribution in [1.29, 1.82) is 0 Å². The Balaban J connectivity index is 2.13. The minimum Gasteiger partial charge on any atom is -0.369 e. The van der Waals surface area contributed by atoms with Crippen molar-refractivity contribution in [2.75, 3.05) is 5.73 Å². The van der Waals surface area contributed by atoms with E-state index in [0.717, 1.165) is 21.1 Å². The van der Waals surface area contributed by atoms with E-state index in [1.165, 1.54) is 5.56 Å². The molecule has 2 aromatic carbocycles. The van der Waals surface area contributed by atoms with E-state index in [9.17, 15) is 0 Å². The van der Waals surface area contributed by atoms with Gasteiger partial charge in [-0.05, 0) is 30.2 Å². The van der Waals surface area contributed by atoms with Crippen LogP contribution in [0.25, 0.3) is 11.0 Å². The molecule has 0 aliphatic carbocycles. The number of aryl methyl sites for hydroxylation is 1. The van der Waals surface area contributed by atoms with Crippen molar-refractivity contribution in [3.8, 4) is 0 Å². The summed E-state index contributed by atoms with van der Waals surface area (Å²) >= 11 is 3.57. The Morgan fingerprint density at radius 3 is 2.74 bits per heavy atom. The van der Waals surface area contributed by atoms with E-state index in [0.29, 0.717) is 12.5 Å². The van der Waals surface area contributed by atoms with E-state index in [1.54, 1.807) is 0 Å². The second-order valence-corrected chi connectivity index (χ2v) is 5.44. The van der Waals surface area contributed by atoms with Crippen LogP contribution in [0, 0.1) is 6.92 Å². The lowest BCUT2D eigenvalue weighted by Crippen LogP contribution is -2.04. The highest BCUT2D eigenvalue weighted by Crippen LogP contribution is 2.24. The van der Waals surface area contributed by atoms with Gasteiger partial charge in [-0.25, -0.2) is 4.98 Å². The van der Waals surface area contributed by atoms with Crippen molar-refractivity contribution >= 4 is 32.9 Å². The standard InChI is InChI=1S/C15H14BrN3/c1-10-5-4-8-13-14(10)18-15(17)19(13)9-11-6-2-3-7-12(11)16/h2-8H,9H2,1H3,(H2,17,18). The number of nitrogens with two attached hydrogens (primary N) is 1. The first-order chi connectivity index (χ1) is 9.16. The molecule has 0 aliphatic rings. The Morgan fingerprint density at radius 1 is 1.16 bits per heavy atom. The van der Waals surface area contributed by atoms with Gasteiger partial charge in [-0.2, -0.15) is 0 Å². The highest BCUT2D eigenvalue weighted by molar-refractivity contribution is 9.10. The van der Waals surface area contributed by atoms with Gasteiger partial charge in [0.15, 0.2) is 0 Å². The lowest BCUT2D eigenvalue weighted by atomic mass is 10.2. The number of hydrogen-bond acceptors (Lipinski definition) is 2. The number of para-hydroxylation sites is 1. The van der Waals surface area contributed by atoms with E-state index < -0.39 is 0 Å². The smallest absolute Gasteiger partial charge is 0.201 e. The topological polar surface area (TPSA) is 43.8 Å². The molecule has 0 atom stereocenters. The fourth-order valence-electron chi connectivity index (χ4n) is 2.27. The van der Waals surface area contributed by atoms with Crippen LogP contribution < -0.4 is 5.73 Å². The summed E-state index contributed by atoms with van der Waals surface area (Å²) in [6.07, 6.45) is 0. The maximum atomic E-state index is 6.06. The highest BCUT2D eigenvalue weighted by atomic mass is 79.9. The molecule has 19 heavy (non-hydrogen) atoms. The number of anilines is 1. The van der Waals surface area contributed by atoms with Crippen LogP contribution in [0.4, 0.5) is 5.95 Å². The fourth-order valence-corrected chi connectivity index (χ4v) is 2.68. The van der Waals surface area contributed by atoms with Gasteiger partial charge >= 0.3 is 0 Å². The number of fused-ring (bicyclic) bond motifs is 1. The first kappa shape index (κ1) is 12.2. The molecule has 0 aliphatic heterocycles. The monoisotopic (exact) mass is 315 g/mol. The molecule has 3 nitrogen and oxygen atoms in total. The molecule has 0 saturated heterocycles. The Labute approximate surface area is 120 Å². The first-order valence-corrected chi connectivity index (χ1v) is 6.91. The minimum atomic E-state index is 0.556. The molecule has 0 bridgehead atoms. The molecule has 0 unspecified atom stereocenters. The zero-order valence-corrected chi connectivity index (χ0v) is 12.2. The molecular formula is C15H14BrN3. The normalized spacial score (nSPS) is 11.1. The van der Waals surface area contributed by atoms with Crippen LogP contribution in [0.3, 0.4) is 0 Å². The predicted molar refractivity (Wildman–Crippen MR) is 82.1 cm³/mol. The molecule has 4 heteroatoms. The van der Waals surface area contributed by atoms with Gasteiger partial charge in [-0.1, -0.05) is 46.3 Å². The van der Waals surface area contributed by atoms with Crippen molar-refractivity contribution in [3.05, 3.63) is 58.1 Å². The van der Waals surface area contributed by atoms with Crippen molar-refractivity contribution in [3.63, 3.8) is 0 Å². The number of imidazole rings is 1. The van der Waals surface area contributed by atoms with Crippen LogP contribution in [-0.4, -0.2) is 9.55 Å². The summed E-state index contributed by atoms with van der Waals surface area (Å²) in [6.45, 7) is 2.77. The van der Waals surface area contributed by atoms with Gasteiger partial charge < -0.3 is 10.3 Å². The molecule has 0 saturated carbocycles. The second kappa shape index (κ2) is 4.70. The van der Waals surface area contributed by atoms with Crippen LogP contribution in [0.15, 0.2) is 46.9 Å². The molecular weight excluding hydrogens is 302 g/mol. The van der Waals surface area contributed by atoms with Crippen LogP contribution in [0.5, 0.6) is 0 Å². The SMILES string of the molecule is Cc1cccc2c1nc(N)n2Cc1ccccc1Br. The van der Waals surface area contributed by atoms with Crippen molar-refractivity contribution < 1.29 is 0 Å². The summed E-state index contributed by atoms with van der Waals surface area (Å²) < 4.78 is 3.13. The Kier molecular flexibility index (Phi) is 3.03. The van der Waals surface area contributed by atoms with Crippen LogP contribution >= 0.6 is 15.9 Å². The zero-order valence-electron chi connectivity index (χ0n) is 10.6. The summed E-state index contributed by atoms with van der Waals surface area (Å²) in [6, 6.07) is 14.3. The van der Waals surface area contributed by atoms with Gasteiger partial charge in [-0.3, -0.25) is 0 Å². The number of benzene rings is 2. The van der Waals surface area contributed by atoms with Gasteiger partial charge in [0.1, 0.15) is 0 Å². The number of nitrogen functional groups attached to an aromatic ring is 1. The number of rotatable bonds is 2. The zero-order chi connectivity index (χ0) is 13.4. The van der Waals surface area contributed by atoms with Gasteiger partial charge in [-0.15, -0.1) is 0 Å². The Bertz CT molecular complexity index is 746. The van der Waals surface area contributed by atoms with Crippen molar-refractivity contribution in [1.82, 2.24) is 9.55 Å². The largest absolute Gasteiger partial charge is 0.369 e. The number of nitrogens with zero attached hydrogens (tertiary/aromatic N) is 2. The Hall–Kier alpha value is -1.81. The number of halogens is 1. The third kappa shape index (κ3) is 2.12. The number of hydrogen-bond donors (Lipinski definition) is 1. The fraction of sp³-hybridized carbons (Fsp3) is 0.133. The van der Waals surface area contributed by atoms with E-state index >= 15 is 0 Å². The van der Waals surface area contributed by atoms with Crippen LogP contribution in [-0.2, 0) is 6.54 Å². The lowest BCUT2D eigenvalue weighted by molar-refractivity contribution is 0.835. The molecule has 1 aromatic heterocycles. The molecule has 0 radical (unpaired) electrons. The highest BCUT2D eigenvalue weighted by Gasteiger charge is 2.10. The van der Waals surface area contributed by atoms with Gasteiger partial charge in [0.25, 0.3) is 0 Å². The second-order valence-electron chi connectivity index (χ2n) is 4.59. The molecule has 3 aromatic rings. The predicted octanol–water partition coefficient (Wildman–Crippen LogP) is 3.74. The van der Waals surface area contributed by atoms with Gasteiger partial charge in [0, 0.05) is 4.47 Å². The molecule has 96 valence electrons. The van der Waals surface area contributed by atoms with Gasteiger partial charge in [0.2, 0.25) is 5.95 Å². The Morgan fingerprint density at radius 2 is 1.95 bits per heavy atom. The summed E-state index contributed by atoms with van der Waals surface area (Å²) in [5.41, 5.74) is 10.5. The summed E-state index contributed by atoms with van der Waals surface area (Å²) in [5, 5.41) is 0. The molecule has 2 N–H and O–H groups in total. The lowest BCUT2D eigenvalue weighted by Gasteiger charge is -2.08. The third-order valence-electron chi connectivity index (χ3n) is 3.30. The molecule has 3 rings (SSSR count). The van der Waals surface area contributed by atoms with E-state index in [4.69, 9.17) is 5.73 Å². The van der Waals surface area contributed by atoms with E-state index in [1.807, 2.05) is 28.8 Å². The minimum absolute atomic E-state index is 0.556.